The van der Waals surface area contributed by atoms with Crippen LogP contribution >= 0.6 is 0 Å². The van der Waals surface area contributed by atoms with Crippen LogP contribution in [0.2, 0.25) is 0 Å². The Kier molecular flexibility index (Phi) is 5.35. The van der Waals surface area contributed by atoms with Crippen molar-refractivity contribution in [3.05, 3.63) is 24.3 Å². The summed E-state index contributed by atoms with van der Waals surface area (Å²) < 4.78 is 5.25. The van der Waals surface area contributed by atoms with Crippen molar-refractivity contribution in [3.63, 3.8) is 0 Å². The number of carbonyl (C=O) groups is 2. The summed E-state index contributed by atoms with van der Waals surface area (Å²) in [4.78, 5) is 26.3. The number of rotatable bonds is 6. The van der Waals surface area contributed by atoms with E-state index in [-0.39, 0.29) is 23.8 Å². The molecule has 1 saturated carbocycles. The summed E-state index contributed by atoms with van der Waals surface area (Å²) in [6.45, 7) is 1.95. The van der Waals surface area contributed by atoms with Gasteiger partial charge in [-0.05, 0) is 44.4 Å². The van der Waals surface area contributed by atoms with Crippen molar-refractivity contribution >= 4 is 17.5 Å². The van der Waals surface area contributed by atoms with Crippen LogP contribution in [0.4, 0.5) is 5.69 Å². The first-order chi connectivity index (χ1) is 11.7. The van der Waals surface area contributed by atoms with Crippen LogP contribution in [-0.4, -0.2) is 49.5 Å². The summed E-state index contributed by atoms with van der Waals surface area (Å²) in [6, 6.07) is 7.53. The number of ether oxygens (including phenoxy) is 1. The third-order valence-electron chi connectivity index (χ3n) is 4.55. The van der Waals surface area contributed by atoms with Crippen molar-refractivity contribution in [2.45, 2.75) is 31.7 Å². The lowest BCUT2D eigenvalue weighted by Crippen LogP contribution is -2.49. The summed E-state index contributed by atoms with van der Waals surface area (Å²) in [5.41, 5.74) is 0.681. The van der Waals surface area contributed by atoms with Gasteiger partial charge in [-0.3, -0.25) is 14.5 Å². The van der Waals surface area contributed by atoms with E-state index in [1.807, 2.05) is 24.3 Å². The van der Waals surface area contributed by atoms with Gasteiger partial charge in [-0.25, -0.2) is 0 Å². The van der Waals surface area contributed by atoms with Crippen molar-refractivity contribution in [1.29, 1.82) is 0 Å². The van der Waals surface area contributed by atoms with Gasteiger partial charge in [0.05, 0.1) is 19.3 Å². The van der Waals surface area contributed by atoms with E-state index in [0.29, 0.717) is 18.0 Å². The summed E-state index contributed by atoms with van der Waals surface area (Å²) in [6.07, 6.45) is 4.02. The van der Waals surface area contributed by atoms with E-state index in [0.717, 1.165) is 38.8 Å². The van der Waals surface area contributed by atoms with E-state index in [9.17, 15) is 9.59 Å². The second-order valence-corrected chi connectivity index (χ2v) is 6.61. The van der Waals surface area contributed by atoms with Gasteiger partial charge in [-0.2, -0.15) is 0 Å². The molecular formula is C18H25N3O3. The summed E-state index contributed by atoms with van der Waals surface area (Å²) >= 11 is 0. The first-order valence-electron chi connectivity index (χ1n) is 8.61. The van der Waals surface area contributed by atoms with E-state index in [2.05, 4.69) is 15.5 Å². The second-order valence-electron chi connectivity index (χ2n) is 6.61. The zero-order valence-electron chi connectivity index (χ0n) is 14.1. The van der Waals surface area contributed by atoms with Crippen LogP contribution in [0.15, 0.2) is 24.3 Å². The molecule has 3 rings (SSSR count). The molecule has 1 aromatic rings. The molecule has 1 aromatic carbocycles. The van der Waals surface area contributed by atoms with E-state index in [1.54, 1.807) is 7.11 Å². The lowest BCUT2D eigenvalue weighted by molar-refractivity contribution is -0.123. The Bertz CT molecular complexity index is 601. The number of nitrogens with zero attached hydrogens (tertiary/aromatic N) is 1. The van der Waals surface area contributed by atoms with E-state index >= 15 is 0 Å². The number of methoxy groups -OCH3 is 1. The number of amides is 2. The SMILES string of the molecule is COc1ccccc1NC(=O)CN1CCCC(NC(=O)C2CC2)C1. The van der Waals surface area contributed by atoms with Crippen LogP contribution in [0.1, 0.15) is 25.7 Å². The van der Waals surface area contributed by atoms with Gasteiger partial charge in [0.25, 0.3) is 0 Å². The minimum atomic E-state index is -0.0614. The van der Waals surface area contributed by atoms with E-state index in [4.69, 9.17) is 4.74 Å². The molecule has 1 heterocycles. The fraction of sp³-hybridized carbons (Fsp3) is 0.556. The smallest absolute Gasteiger partial charge is 0.238 e. The average Bonchev–Trinajstić information content (AvgIpc) is 3.40. The monoisotopic (exact) mass is 331 g/mol. The number of nitrogens with one attached hydrogen (secondary N) is 2. The highest BCUT2D eigenvalue weighted by Crippen LogP contribution is 2.29. The lowest BCUT2D eigenvalue weighted by atomic mass is 10.1. The maximum atomic E-state index is 12.3. The molecule has 2 fully saturated rings. The molecule has 24 heavy (non-hydrogen) atoms. The fourth-order valence-corrected chi connectivity index (χ4v) is 3.12. The highest BCUT2D eigenvalue weighted by Gasteiger charge is 2.32. The standard InChI is InChI=1S/C18H25N3O3/c1-24-16-7-3-2-6-15(16)20-17(22)12-21-10-4-5-14(11-21)19-18(23)13-8-9-13/h2-3,6-7,13-14H,4-5,8-12H2,1H3,(H,19,23)(H,20,22). The number of piperidine rings is 1. The molecule has 130 valence electrons. The van der Waals surface area contributed by atoms with Crippen LogP contribution in [0.3, 0.4) is 0 Å². The predicted octanol–water partition coefficient (Wildman–Crippen LogP) is 1.62. The second kappa shape index (κ2) is 7.66. The van der Waals surface area contributed by atoms with Crippen LogP contribution < -0.4 is 15.4 Å². The zero-order valence-corrected chi connectivity index (χ0v) is 14.1. The van der Waals surface area contributed by atoms with Gasteiger partial charge in [0.15, 0.2) is 0 Å². The molecule has 1 saturated heterocycles. The molecule has 2 N–H and O–H groups in total. The van der Waals surface area contributed by atoms with Crippen molar-refractivity contribution in [3.8, 4) is 5.75 Å². The van der Waals surface area contributed by atoms with Crippen LogP contribution in [0.25, 0.3) is 0 Å². The molecule has 1 aliphatic carbocycles. The quantitative estimate of drug-likeness (QED) is 0.831. The number of hydrogen-bond acceptors (Lipinski definition) is 4. The van der Waals surface area contributed by atoms with Crippen molar-refractivity contribution < 1.29 is 14.3 Å². The van der Waals surface area contributed by atoms with E-state index in [1.165, 1.54) is 0 Å². The van der Waals surface area contributed by atoms with Crippen LogP contribution in [0, 0.1) is 5.92 Å². The topological polar surface area (TPSA) is 70.7 Å². The number of benzene rings is 1. The molecule has 1 aliphatic heterocycles. The molecule has 6 nitrogen and oxygen atoms in total. The van der Waals surface area contributed by atoms with Crippen molar-refractivity contribution in [1.82, 2.24) is 10.2 Å². The largest absolute Gasteiger partial charge is 0.495 e. The van der Waals surface area contributed by atoms with Crippen LogP contribution in [0.5, 0.6) is 5.75 Å². The molecule has 0 radical (unpaired) electrons. The van der Waals surface area contributed by atoms with Gasteiger partial charge in [-0.15, -0.1) is 0 Å². The van der Waals surface area contributed by atoms with Crippen molar-refractivity contribution in [2.75, 3.05) is 32.1 Å². The molecule has 2 amide bonds. The third kappa shape index (κ3) is 4.47. The number of likely N-dealkylation sites (tertiary alicyclic amines) is 1. The molecule has 2 aliphatic rings. The van der Waals surface area contributed by atoms with Gasteiger partial charge in [0.1, 0.15) is 5.75 Å². The molecule has 0 bridgehead atoms. The molecule has 1 atom stereocenters. The Labute approximate surface area is 142 Å². The Morgan fingerprint density at radius 1 is 1.25 bits per heavy atom. The Morgan fingerprint density at radius 2 is 2.04 bits per heavy atom. The lowest BCUT2D eigenvalue weighted by Gasteiger charge is -2.32. The number of carbonyl (C=O) groups excluding carboxylic acids is 2. The first kappa shape index (κ1) is 16.8. The molecule has 1 unspecified atom stereocenters. The normalized spacial score (nSPS) is 21.1. The molecule has 0 aromatic heterocycles. The average molecular weight is 331 g/mol. The van der Waals surface area contributed by atoms with Gasteiger partial charge in [0.2, 0.25) is 11.8 Å². The Balaban J connectivity index is 1.49. The maximum Gasteiger partial charge on any atom is 0.238 e. The van der Waals surface area contributed by atoms with Gasteiger partial charge in [0, 0.05) is 18.5 Å². The summed E-state index contributed by atoms with van der Waals surface area (Å²) in [5, 5.41) is 6.02. The molecule has 6 heteroatoms. The number of anilines is 1. The van der Waals surface area contributed by atoms with Crippen molar-refractivity contribution in [2.24, 2.45) is 5.92 Å². The van der Waals surface area contributed by atoms with E-state index < -0.39 is 0 Å². The Hall–Kier alpha value is -2.08. The van der Waals surface area contributed by atoms with Gasteiger partial charge >= 0.3 is 0 Å². The number of para-hydroxylation sites is 2. The molecule has 0 spiro atoms. The Morgan fingerprint density at radius 3 is 2.79 bits per heavy atom. The highest BCUT2D eigenvalue weighted by molar-refractivity contribution is 5.93. The zero-order chi connectivity index (χ0) is 16.9. The predicted molar refractivity (Wildman–Crippen MR) is 92.0 cm³/mol. The van der Waals surface area contributed by atoms with Gasteiger partial charge < -0.3 is 15.4 Å². The number of hydrogen-bond donors (Lipinski definition) is 2. The maximum absolute atomic E-state index is 12.3. The minimum absolute atomic E-state index is 0.0614. The molecular weight excluding hydrogens is 306 g/mol. The van der Waals surface area contributed by atoms with Gasteiger partial charge in [-0.1, -0.05) is 12.1 Å². The summed E-state index contributed by atoms with van der Waals surface area (Å²) in [5.74, 6) is 1.00. The summed E-state index contributed by atoms with van der Waals surface area (Å²) in [7, 11) is 1.59. The fourth-order valence-electron chi connectivity index (χ4n) is 3.12. The minimum Gasteiger partial charge on any atom is -0.495 e. The van der Waals surface area contributed by atoms with Crippen LogP contribution in [-0.2, 0) is 9.59 Å². The first-order valence-corrected chi connectivity index (χ1v) is 8.61. The third-order valence-corrected chi connectivity index (χ3v) is 4.55. The highest BCUT2D eigenvalue weighted by atomic mass is 16.5.